The minimum Gasteiger partial charge on any atom is -0.334 e. The van der Waals surface area contributed by atoms with Crippen molar-refractivity contribution in [2.24, 2.45) is 0 Å². The molecule has 2 aromatic carbocycles. The second-order valence-corrected chi connectivity index (χ2v) is 6.20. The summed E-state index contributed by atoms with van der Waals surface area (Å²) in [4.78, 5) is 19.2. The minimum atomic E-state index is -0.318. The van der Waals surface area contributed by atoms with Gasteiger partial charge < -0.3 is 4.90 Å². The monoisotopic (exact) mass is 320 g/mol. The number of hydrogen-bond acceptors (Lipinski definition) is 2. The smallest absolute Gasteiger partial charge is 0.256 e. The minimum absolute atomic E-state index is 0.0132. The number of hydrogen-bond donors (Lipinski definition) is 0. The number of fused-ring (bicyclic) bond motifs is 2. The van der Waals surface area contributed by atoms with Gasteiger partial charge in [0.2, 0.25) is 0 Å². The zero-order chi connectivity index (χ0) is 16.7. The molecule has 0 saturated heterocycles. The van der Waals surface area contributed by atoms with Crippen LogP contribution in [-0.2, 0) is 13.0 Å². The molecule has 3 aromatic rings. The molecule has 0 atom stereocenters. The molecule has 0 saturated carbocycles. The number of carbonyl (C=O) groups excluding carboxylic acids is 1. The molecule has 4 heteroatoms. The molecule has 0 spiro atoms. The van der Waals surface area contributed by atoms with Crippen LogP contribution < -0.4 is 0 Å². The maximum Gasteiger partial charge on any atom is 0.256 e. The van der Waals surface area contributed by atoms with Gasteiger partial charge in [-0.25, -0.2) is 4.39 Å². The van der Waals surface area contributed by atoms with Gasteiger partial charge in [0.15, 0.2) is 0 Å². The quantitative estimate of drug-likeness (QED) is 0.682. The van der Waals surface area contributed by atoms with E-state index in [0.29, 0.717) is 29.9 Å². The van der Waals surface area contributed by atoms with Crippen LogP contribution in [-0.4, -0.2) is 22.3 Å². The summed E-state index contributed by atoms with van der Waals surface area (Å²) < 4.78 is 13.3. The van der Waals surface area contributed by atoms with Crippen molar-refractivity contribution >= 4 is 16.8 Å². The van der Waals surface area contributed by atoms with Gasteiger partial charge in [-0.15, -0.1) is 0 Å². The first-order chi connectivity index (χ1) is 11.6. The number of benzene rings is 2. The van der Waals surface area contributed by atoms with Crippen molar-refractivity contribution in [1.29, 1.82) is 0 Å². The number of pyridine rings is 1. The second kappa shape index (κ2) is 5.71. The zero-order valence-electron chi connectivity index (χ0n) is 13.4. The highest BCUT2D eigenvalue weighted by Crippen LogP contribution is 2.23. The van der Waals surface area contributed by atoms with Crippen molar-refractivity contribution < 1.29 is 9.18 Å². The normalized spacial score (nSPS) is 13.8. The summed E-state index contributed by atoms with van der Waals surface area (Å²) in [5, 5.41) is 0.780. The average Bonchev–Trinajstić information content (AvgIpc) is 2.60. The largest absolute Gasteiger partial charge is 0.334 e. The van der Waals surface area contributed by atoms with Crippen LogP contribution in [0.25, 0.3) is 10.9 Å². The molecule has 1 amide bonds. The van der Waals surface area contributed by atoms with Crippen molar-refractivity contribution in [3.8, 4) is 0 Å². The van der Waals surface area contributed by atoms with Gasteiger partial charge in [-0.2, -0.15) is 0 Å². The highest BCUT2D eigenvalue weighted by Gasteiger charge is 2.23. The lowest BCUT2D eigenvalue weighted by molar-refractivity contribution is 0.0733. The van der Waals surface area contributed by atoms with Gasteiger partial charge >= 0.3 is 0 Å². The van der Waals surface area contributed by atoms with Crippen molar-refractivity contribution in [3.05, 3.63) is 76.7 Å². The fraction of sp³-hybridized carbons (Fsp3) is 0.200. The Bertz CT molecular complexity index is 952. The van der Waals surface area contributed by atoms with Crippen LogP contribution in [0.4, 0.5) is 4.39 Å². The lowest BCUT2D eigenvalue weighted by Crippen LogP contribution is -2.36. The lowest BCUT2D eigenvalue weighted by Gasteiger charge is -2.29. The summed E-state index contributed by atoms with van der Waals surface area (Å²) in [6.07, 6.45) is 0.868. The summed E-state index contributed by atoms with van der Waals surface area (Å²) in [5.41, 5.74) is 4.31. The van der Waals surface area contributed by atoms with Crippen LogP contribution in [0.3, 0.4) is 0 Å². The molecule has 24 heavy (non-hydrogen) atoms. The standard InChI is InChI=1S/C20H17FN2O/c1-13-18(10-15-6-7-17(21)11-19(15)22-13)20(24)23-9-8-14-4-2-3-5-16(14)12-23/h2-7,10-11H,8-9,12H2,1H3. The summed E-state index contributed by atoms with van der Waals surface area (Å²) in [5.74, 6) is -0.332. The molecular weight excluding hydrogens is 303 g/mol. The van der Waals surface area contributed by atoms with Crippen LogP contribution in [0.5, 0.6) is 0 Å². The van der Waals surface area contributed by atoms with Crippen LogP contribution in [0.1, 0.15) is 27.2 Å². The van der Waals surface area contributed by atoms with Crippen LogP contribution in [0, 0.1) is 12.7 Å². The first-order valence-electron chi connectivity index (χ1n) is 8.05. The Morgan fingerprint density at radius 3 is 2.75 bits per heavy atom. The SMILES string of the molecule is Cc1nc2cc(F)ccc2cc1C(=O)N1CCc2ccccc2C1. The Hall–Kier alpha value is -2.75. The van der Waals surface area contributed by atoms with Gasteiger partial charge in [0.1, 0.15) is 5.82 Å². The van der Waals surface area contributed by atoms with E-state index in [9.17, 15) is 9.18 Å². The second-order valence-electron chi connectivity index (χ2n) is 6.20. The summed E-state index contributed by atoms with van der Waals surface area (Å²) in [6.45, 7) is 3.13. The van der Waals surface area contributed by atoms with E-state index in [4.69, 9.17) is 0 Å². The fourth-order valence-corrected chi connectivity index (χ4v) is 3.29. The Morgan fingerprint density at radius 2 is 1.92 bits per heavy atom. The third-order valence-electron chi connectivity index (χ3n) is 4.62. The van der Waals surface area contributed by atoms with Crippen LogP contribution >= 0.6 is 0 Å². The van der Waals surface area contributed by atoms with Gasteiger partial charge in [0, 0.05) is 24.5 Å². The lowest BCUT2D eigenvalue weighted by atomic mass is 9.99. The number of nitrogens with zero attached hydrogens (tertiary/aromatic N) is 2. The highest BCUT2D eigenvalue weighted by molar-refractivity contribution is 5.98. The van der Waals surface area contributed by atoms with Crippen LogP contribution in [0.2, 0.25) is 0 Å². The Labute approximate surface area is 139 Å². The molecule has 0 radical (unpaired) electrons. The number of amides is 1. The van der Waals surface area contributed by atoms with E-state index in [2.05, 4.69) is 17.1 Å². The summed E-state index contributed by atoms with van der Waals surface area (Å²) in [6, 6.07) is 14.5. The molecule has 2 heterocycles. The van der Waals surface area contributed by atoms with E-state index >= 15 is 0 Å². The topological polar surface area (TPSA) is 33.2 Å². The number of aryl methyl sites for hydroxylation is 1. The van der Waals surface area contributed by atoms with Gasteiger partial charge in [0.05, 0.1) is 16.8 Å². The molecule has 0 N–H and O–H groups in total. The van der Waals surface area contributed by atoms with E-state index in [1.165, 1.54) is 23.3 Å². The molecule has 0 aliphatic carbocycles. The van der Waals surface area contributed by atoms with Crippen LogP contribution in [0.15, 0.2) is 48.5 Å². The Kier molecular flexibility index (Phi) is 3.53. The molecule has 0 bridgehead atoms. The summed E-state index contributed by atoms with van der Waals surface area (Å²) in [7, 11) is 0. The van der Waals surface area contributed by atoms with Crippen molar-refractivity contribution in [1.82, 2.24) is 9.88 Å². The molecule has 3 nitrogen and oxygen atoms in total. The Morgan fingerprint density at radius 1 is 1.12 bits per heavy atom. The molecule has 1 aliphatic rings. The Balaban J connectivity index is 1.69. The van der Waals surface area contributed by atoms with E-state index in [0.717, 1.165) is 11.8 Å². The number of halogens is 1. The molecule has 0 fully saturated rings. The molecule has 0 unspecified atom stereocenters. The van der Waals surface area contributed by atoms with Crippen molar-refractivity contribution in [2.75, 3.05) is 6.54 Å². The van der Waals surface area contributed by atoms with Gasteiger partial charge in [-0.3, -0.25) is 9.78 Å². The van der Waals surface area contributed by atoms with E-state index in [1.807, 2.05) is 23.1 Å². The fourth-order valence-electron chi connectivity index (χ4n) is 3.29. The number of aromatic nitrogens is 1. The van der Waals surface area contributed by atoms with Crippen molar-refractivity contribution in [3.63, 3.8) is 0 Å². The molecule has 1 aliphatic heterocycles. The summed E-state index contributed by atoms with van der Waals surface area (Å²) >= 11 is 0. The number of rotatable bonds is 1. The predicted molar refractivity (Wildman–Crippen MR) is 91.3 cm³/mol. The van der Waals surface area contributed by atoms with Crippen molar-refractivity contribution in [2.45, 2.75) is 19.9 Å². The predicted octanol–water partition coefficient (Wildman–Crippen LogP) is 3.88. The third-order valence-corrected chi connectivity index (χ3v) is 4.62. The van der Waals surface area contributed by atoms with E-state index in [1.54, 1.807) is 13.0 Å². The zero-order valence-corrected chi connectivity index (χ0v) is 13.4. The number of carbonyl (C=O) groups is 1. The first kappa shape index (κ1) is 14.8. The molecule has 4 rings (SSSR count). The molecule has 1 aromatic heterocycles. The molecular formula is C20H17FN2O. The van der Waals surface area contributed by atoms with E-state index in [-0.39, 0.29) is 11.7 Å². The van der Waals surface area contributed by atoms with Gasteiger partial charge in [-0.1, -0.05) is 24.3 Å². The van der Waals surface area contributed by atoms with E-state index < -0.39 is 0 Å². The third kappa shape index (κ3) is 2.54. The maximum absolute atomic E-state index is 13.3. The van der Waals surface area contributed by atoms with Gasteiger partial charge in [-0.05, 0) is 42.7 Å². The maximum atomic E-state index is 13.3. The highest BCUT2D eigenvalue weighted by atomic mass is 19.1. The first-order valence-corrected chi connectivity index (χ1v) is 8.05. The molecule has 120 valence electrons. The van der Waals surface area contributed by atoms with Gasteiger partial charge in [0.25, 0.3) is 5.91 Å². The average molecular weight is 320 g/mol.